The molecule has 0 spiro atoms. The van der Waals surface area contributed by atoms with Crippen LogP contribution in [-0.2, 0) is 30.3 Å². The Hall–Kier alpha value is -2.77. The number of ether oxygens (including phenoxy) is 1. The summed E-state index contributed by atoms with van der Waals surface area (Å²) in [5.41, 5.74) is 11.1. The van der Waals surface area contributed by atoms with Crippen molar-refractivity contribution in [3.8, 4) is 0 Å². The summed E-state index contributed by atoms with van der Waals surface area (Å²) in [5, 5.41) is 30.6. The van der Waals surface area contributed by atoms with Gasteiger partial charge in [0.05, 0.1) is 7.11 Å². The van der Waals surface area contributed by atoms with E-state index in [1.54, 1.807) is 0 Å². The van der Waals surface area contributed by atoms with Crippen molar-refractivity contribution in [1.82, 2.24) is 10.6 Å². The quantitative estimate of drug-likeness (QED) is 0.244. The van der Waals surface area contributed by atoms with Crippen LogP contribution in [0, 0.1) is 0 Å². The van der Waals surface area contributed by atoms with Crippen LogP contribution in [0.2, 0.25) is 0 Å². The van der Waals surface area contributed by atoms with E-state index in [2.05, 4.69) is 15.4 Å². The molecule has 0 bridgehead atoms. The van der Waals surface area contributed by atoms with Crippen LogP contribution in [-0.4, -0.2) is 83.6 Å². The number of carbonyl (C=O) groups excluding carboxylic acids is 1. The van der Waals surface area contributed by atoms with E-state index in [0.717, 1.165) is 44.3 Å². The van der Waals surface area contributed by atoms with Gasteiger partial charge >= 0.3 is 23.9 Å². The average molecular weight is 535 g/mol. The molecule has 0 aromatic heterocycles. The monoisotopic (exact) mass is 534 g/mol. The molecule has 0 radical (unpaired) electrons. The molecule has 0 amide bonds. The Morgan fingerprint density at radius 3 is 1.72 bits per heavy atom. The second-order valence-corrected chi connectivity index (χ2v) is 7.92. The molecule has 0 unspecified atom stereocenters. The minimum Gasteiger partial charge on any atom is -0.480 e. The lowest BCUT2D eigenvalue weighted by atomic mass is 10.1. The molecule has 3 rings (SSSR count). The number of benzene rings is 1. The maximum Gasteiger partial charge on any atom is 0.322 e. The van der Waals surface area contributed by atoms with Crippen LogP contribution in [0.5, 0.6) is 0 Å². The zero-order valence-corrected chi connectivity index (χ0v) is 21.4. The molecule has 2 aliphatic rings. The van der Waals surface area contributed by atoms with Gasteiger partial charge in [0.25, 0.3) is 0 Å². The van der Waals surface area contributed by atoms with Crippen molar-refractivity contribution in [3.63, 3.8) is 0 Å². The summed E-state index contributed by atoms with van der Waals surface area (Å²) in [6.07, 6.45) is 4.18. The number of esters is 1. The summed E-state index contributed by atoms with van der Waals surface area (Å²) in [6, 6.07) is 7.51. The van der Waals surface area contributed by atoms with Crippen LogP contribution in [0.25, 0.3) is 0 Å². The fraction of sp³-hybridized carbons (Fsp3) is 0.565. The predicted octanol–water partition coefficient (Wildman–Crippen LogP) is 0.215. The van der Waals surface area contributed by atoms with Gasteiger partial charge in [-0.15, -0.1) is 12.4 Å². The molecule has 4 atom stereocenters. The van der Waals surface area contributed by atoms with Crippen LogP contribution in [0.1, 0.15) is 38.2 Å². The minimum atomic E-state index is -0.963. The molecule has 2 aliphatic heterocycles. The van der Waals surface area contributed by atoms with Gasteiger partial charge in [-0.05, 0) is 57.7 Å². The Kier molecular flexibility index (Phi) is 20.1. The molecule has 0 saturated carbocycles. The Bertz CT molecular complexity index is 771. The van der Waals surface area contributed by atoms with Crippen molar-refractivity contribution < 1.29 is 39.2 Å². The summed E-state index contributed by atoms with van der Waals surface area (Å²) in [5.74, 6) is -2.77. The third-order valence-electron chi connectivity index (χ3n) is 4.91. The maximum absolute atomic E-state index is 10.7. The largest absolute Gasteiger partial charge is 0.480 e. The lowest BCUT2D eigenvalue weighted by Gasteiger charge is -2.04. The van der Waals surface area contributed by atoms with E-state index >= 15 is 0 Å². The van der Waals surface area contributed by atoms with Crippen molar-refractivity contribution in [2.45, 2.75) is 63.2 Å². The number of carbonyl (C=O) groups is 4. The smallest absolute Gasteiger partial charge is 0.322 e. The molecule has 13 heteroatoms. The van der Waals surface area contributed by atoms with Gasteiger partial charge in [0, 0.05) is 0 Å². The highest BCUT2D eigenvalue weighted by Crippen LogP contribution is 2.05. The van der Waals surface area contributed by atoms with Crippen LogP contribution in [0.4, 0.5) is 0 Å². The van der Waals surface area contributed by atoms with Gasteiger partial charge < -0.3 is 42.2 Å². The minimum absolute atomic E-state index is 0. The van der Waals surface area contributed by atoms with E-state index in [0.29, 0.717) is 6.42 Å². The third-order valence-corrected chi connectivity index (χ3v) is 4.91. The first-order chi connectivity index (χ1) is 16.5. The molecular weight excluding hydrogens is 496 g/mol. The highest BCUT2D eigenvalue weighted by molar-refractivity contribution is 5.85. The molecule has 36 heavy (non-hydrogen) atoms. The van der Waals surface area contributed by atoms with Crippen molar-refractivity contribution in [1.29, 1.82) is 0 Å². The molecule has 2 fully saturated rings. The van der Waals surface area contributed by atoms with Gasteiger partial charge in [-0.3, -0.25) is 19.2 Å². The van der Waals surface area contributed by atoms with Crippen molar-refractivity contribution in [3.05, 3.63) is 35.9 Å². The van der Waals surface area contributed by atoms with Crippen molar-refractivity contribution >= 4 is 36.3 Å². The van der Waals surface area contributed by atoms with E-state index in [9.17, 15) is 19.2 Å². The predicted molar refractivity (Wildman–Crippen MR) is 136 cm³/mol. The Labute approximate surface area is 217 Å². The van der Waals surface area contributed by atoms with E-state index in [-0.39, 0.29) is 30.5 Å². The molecule has 206 valence electrons. The first-order valence-corrected chi connectivity index (χ1v) is 11.3. The van der Waals surface area contributed by atoms with E-state index < -0.39 is 30.0 Å². The third kappa shape index (κ3) is 16.8. The topological polar surface area (TPSA) is 214 Å². The fourth-order valence-corrected chi connectivity index (χ4v) is 2.88. The molecule has 2 saturated heterocycles. The Morgan fingerprint density at radius 2 is 1.42 bits per heavy atom. The molecule has 0 aliphatic carbocycles. The van der Waals surface area contributed by atoms with Crippen LogP contribution < -0.4 is 22.1 Å². The molecule has 1 aromatic carbocycles. The van der Waals surface area contributed by atoms with Crippen LogP contribution in [0.3, 0.4) is 0 Å². The highest BCUT2D eigenvalue weighted by Gasteiger charge is 2.22. The van der Waals surface area contributed by atoms with Gasteiger partial charge in [0.1, 0.15) is 24.2 Å². The number of hydrogen-bond donors (Lipinski definition) is 7. The Morgan fingerprint density at radius 1 is 0.944 bits per heavy atom. The second kappa shape index (κ2) is 20.4. The first-order valence-electron chi connectivity index (χ1n) is 11.3. The van der Waals surface area contributed by atoms with Crippen molar-refractivity contribution in [2.24, 2.45) is 11.5 Å². The maximum atomic E-state index is 10.7. The van der Waals surface area contributed by atoms with Crippen molar-refractivity contribution in [2.75, 3.05) is 20.2 Å². The number of halogens is 1. The number of rotatable bonds is 6. The van der Waals surface area contributed by atoms with Gasteiger partial charge in [-0.2, -0.15) is 0 Å². The Balaban J connectivity index is 0. The van der Waals surface area contributed by atoms with Crippen LogP contribution in [0.15, 0.2) is 30.3 Å². The molecule has 9 N–H and O–H groups in total. The summed E-state index contributed by atoms with van der Waals surface area (Å²) in [4.78, 5) is 40.8. The zero-order valence-electron chi connectivity index (χ0n) is 20.6. The van der Waals surface area contributed by atoms with Gasteiger partial charge in [-0.1, -0.05) is 30.3 Å². The van der Waals surface area contributed by atoms with Gasteiger partial charge in [-0.25, -0.2) is 0 Å². The second-order valence-electron chi connectivity index (χ2n) is 7.92. The molecule has 2 heterocycles. The molecule has 12 nitrogen and oxygen atoms in total. The van der Waals surface area contributed by atoms with E-state index in [1.807, 2.05) is 30.3 Å². The highest BCUT2D eigenvalue weighted by atomic mass is 35.5. The van der Waals surface area contributed by atoms with Gasteiger partial charge in [0.15, 0.2) is 0 Å². The first kappa shape index (κ1) is 35.4. The average Bonchev–Trinajstić information content (AvgIpc) is 3.55. The standard InChI is InChI=1S/C9H11NO2.C6H11NO2.C5H9NO2.C3H7NO2.ClH/c10-8(9(11)12)6-7-4-2-1-3-5-7;1-9-6(8)5-3-2-4-7-5;7-5(8)4-2-1-3-6-4;1-2(4)3(5)6;/h1-5,8H,6,10H2,(H,11,12);5,7H,2-4H2,1H3;4,6H,1-3H2,(H,7,8);2H,4H2,1H3,(H,5,6);1H/t8-;5-;4-;2-;/m0000./s1. The number of nitrogens with two attached hydrogens (primary N) is 2. The number of aliphatic carboxylic acids is 3. The lowest BCUT2D eigenvalue weighted by molar-refractivity contribution is -0.143. The van der Waals surface area contributed by atoms with Crippen LogP contribution >= 0.6 is 12.4 Å². The number of carboxylic acids is 3. The van der Waals surface area contributed by atoms with E-state index in [4.69, 9.17) is 26.8 Å². The number of carboxylic acid groups (broad SMARTS) is 3. The number of nitrogens with one attached hydrogen (secondary N) is 2. The van der Waals surface area contributed by atoms with E-state index in [1.165, 1.54) is 14.0 Å². The summed E-state index contributed by atoms with van der Waals surface area (Å²) >= 11 is 0. The number of hydrogen-bond acceptors (Lipinski definition) is 9. The van der Waals surface area contributed by atoms with Gasteiger partial charge in [0.2, 0.25) is 0 Å². The molecular formula is C23H39ClN4O8. The zero-order chi connectivity index (χ0) is 26.8. The summed E-state index contributed by atoms with van der Waals surface area (Å²) < 4.78 is 4.53. The fourth-order valence-electron chi connectivity index (χ4n) is 2.88. The molecule has 1 aromatic rings. The SMILES string of the molecule is COC(=O)[C@@H]1CCCN1.C[C@H](N)C(=O)O.Cl.N[C@@H](Cc1ccccc1)C(=O)O.O=C(O)[C@@H]1CCCN1. The summed E-state index contributed by atoms with van der Waals surface area (Å²) in [6.45, 7) is 3.22. The number of methoxy groups -OCH3 is 1. The summed E-state index contributed by atoms with van der Waals surface area (Å²) in [7, 11) is 1.42. The lowest BCUT2D eigenvalue weighted by Crippen LogP contribution is -2.32. The normalized spacial score (nSPS) is 19.2.